The van der Waals surface area contributed by atoms with Crippen molar-refractivity contribution in [3.8, 4) is 22.6 Å². The predicted octanol–water partition coefficient (Wildman–Crippen LogP) is 6.67. The summed E-state index contributed by atoms with van der Waals surface area (Å²) in [6, 6.07) is 19.4. The fourth-order valence-corrected chi connectivity index (χ4v) is 5.14. The van der Waals surface area contributed by atoms with Crippen molar-refractivity contribution in [1.29, 1.82) is 0 Å². The van der Waals surface area contributed by atoms with E-state index in [9.17, 15) is 14.0 Å². The van der Waals surface area contributed by atoms with Crippen LogP contribution in [0.2, 0.25) is 0 Å². The third-order valence-electron chi connectivity index (χ3n) is 7.78. The summed E-state index contributed by atoms with van der Waals surface area (Å²) >= 11 is 0. The molecule has 206 valence electrons. The monoisotopic (exact) mass is 551 g/mol. The van der Waals surface area contributed by atoms with Gasteiger partial charge in [0, 0.05) is 36.4 Å². The molecule has 3 aromatic carbocycles. The number of Topliss-reactive ketones (excluding diaryl/α,β-unsaturated/α-hetero) is 2. The van der Waals surface area contributed by atoms with E-state index in [-0.39, 0.29) is 36.0 Å². The van der Waals surface area contributed by atoms with Crippen molar-refractivity contribution in [2.75, 3.05) is 5.73 Å². The molecular formula is C33H27F2N3O3. The summed E-state index contributed by atoms with van der Waals surface area (Å²) in [5, 5.41) is 4.34. The molecule has 0 aliphatic heterocycles. The lowest BCUT2D eigenvalue weighted by molar-refractivity contribution is -0.133. The Hall–Kier alpha value is -4.85. The van der Waals surface area contributed by atoms with Crippen LogP contribution in [0.15, 0.2) is 85.2 Å². The number of halogens is 2. The minimum atomic E-state index is -1.05. The van der Waals surface area contributed by atoms with Gasteiger partial charge in [0.2, 0.25) is 0 Å². The molecule has 0 radical (unpaired) electrons. The molecule has 1 aliphatic rings. The van der Waals surface area contributed by atoms with Crippen LogP contribution >= 0.6 is 0 Å². The molecule has 0 amide bonds. The van der Waals surface area contributed by atoms with E-state index < -0.39 is 11.2 Å². The largest absolute Gasteiger partial charge is 0.452 e. The summed E-state index contributed by atoms with van der Waals surface area (Å²) in [5.41, 5.74) is 10.2. The molecule has 2 N–H and O–H groups in total. The molecule has 0 spiro atoms. The number of hydrogen-bond donors (Lipinski definition) is 1. The van der Waals surface area contributed by atoms with Gasteiger partial charge >= 0.3 is 0 Å². The molecule has 0 unspecified atom stereocenters. The number of fused-ring (bicyclic) bond motifs is 1. The number of rotatable bonds is 9. The number of nitrogens with zero attached hydrogens (tertiary/aromatic N) is 2. The highest BCUT2D eigenvalue weighted by molar-refractivity contribution is 6.11. The van der Waals surface area contributed by atoms with Crippen molar-refractivity contribution in [2.45, 2.75) is 32.6 Å². The van der Waals surface area contributed by atoms with Gasteiger partial charge in [0.25, 0.3) is 0 Å². The number of nitrogen functional groups attached to an aromatic ring is 1. The Kier molecular flexibility index (Phi) is 6.61. The van der Waals surface area contributed by atoms with E-state index in [2.05, 4.69) is 5.10 Å². The molecule has 6 rings (SSSR count). The lowest BCUT2D eigenvalue weighted by Gasteiger charge is -2.14. The van der Waals surface area contributed by atoms with E-state index in [4.69, 9.17) is 10.5 Å². The van der Waals surface area contributed by atoms with Gasteiger partial charge in [0.1, 0.15) is 11.3 Å². The number of nitrogens with two attached hydrogens (primary N) is 1. The van der Waals surface area contributed by atoms with Crippen LogP contribution < -0.4 is 10.5 Å². The topological polar surface area (TPSA) is 86.7 Å². The maximum absolute atomic E-state index is 15.3. The Morgan fingerprint density at radius 1 is 0.902 bits per heavy atom. The normalized spacial score (nSPS) is 13.7. The lowest BCUT2D eigenvalue weighted by atomic mass is 9.88. The molecule has 0 saturated heterocycles. The van der Waals surface area contributed by atoms with Gasteiger partial charge in [-0.25, -0.2) is 13.3 Å². The standard InChI is InChI=1S/C33H27F2N3O3/c1-20-2-6-23(19-27(20)36)25-11-15-38-32(25)29(10-14-37-38)41-28-9-5-22(16-26(28)35)18-31(40)33(12-13-33)30(39)17-21-3-7-24(34)8-4-21/h2-11,14-16,19H,12-13,17-18,36H2,1H3. The van der Waals surface area contributed by atoms with Crippen LogP contribution in [0.25, 0.3) is 16.6 Å². The molecule has 8 heteroatoms. The van der Waals surface area contributed by atoms with Crippen LogP contribution in [0, 0.1) is 24.0 Å². The molecule has 2 aromatic heterocycles. The third kappa shape index (κ3) is 5.09. The van der Waals surface area contributed by atoms with E-state index in [1.807, 2.05) is 31.2 Å². The molecule has 41 heavy (non-hydrogen) atoms. The zero-order valence-corrected chi connectivity index (χ0v) is 22.4. The maximum atomic E-state index is 15.3. The zero-order chi connectivity index (χ0) is 28.7. The van der Waals surface area contributed by atoms with E-state index in [1.165, 1.54) is 24.3 Å². The third-order valence-corrected chi connectivity index (χ3v) is 7.78. The molecular weight excluding hydrogens is 524 g/mol. The minimum Gasteiger partial charge on any atom is -0.452 e. The van der Waals surface area contributed by atoms with Gasteiger partial charge in [-0.15, -0.1) is 0 Å². The first-order valence-electron chi connectivity index (χ1n) is 13.3. The quantitative estimate of drug-likeness (QED) is 0.163. The number of ketones is 2. The van der Waals surface area contributed by atoms with Crippen LogP contribution in [0.3, 0.4) is 0 Å². The second-order valence-electron chi connectivity index (χ2n) is 10.6. The number of benzene rings is 3. The van der Waals surface area contributed by atoms with E-state index >= 15 is 4.39 Å². The van der Waals surface area contributed by atoms with E-state index in [0.717, 1.165) is 16.7 Å². The summed E-state index contributed by atoms with van der Waals surface area (Å²) in [7, 11) is 0. The van der Waals surface area contributed by atoms with Crippen molar-refractivity contribution >= 4 is 22.8 Å². The number of aryl methyl sites for hydroxylation is 1. The fraction of sp³-hybridized carbons (Fsp3) is 0.182. The first-order chi connectivity index (χ1) is 19.7. The van der Waals surface area contributed by atoms with Crippen molar-refractivity contribution in [1.82, 2.24) is 9.61 Å². The summed E-state index contributed by atoms with van der Waals surface area (Å²) in [5.74, 6) is -1.02. The van der Waals surface area contributed by atoms with Crippen molar-refractivity contribution in [3.63, 3.8) is 0 Å². The van der Waals surface area contributed by atoms with Crippen LogP contribution in [0.1, 0.15) is 29.5 Å². The number of carbonyl (C=O) groups excluding carboxylic acids is 2. The summed E-state index contributed by atoms with van der Waals surface area (Å²) in [6.07, 6.45) is 4.30. The molecule has 2 heterocycles. The van der Waals surface area contributed by atoms with E-state index in [0.29, 0.717) is 40.9 Å². The first kappa shape index (κ1) is 26.4. The Morgan fingerprint density at radius 3 is 2.29 bits per heavy atom. The summed E-state index contributed by atoms with van der Waals surface area (Å²) in [4.78, 5) is 26.1. The van der Waals surface area contributed by atoms with Gasteiger partial charge in [-0.2, -0.15) is 5.10 Å². The van der Waals surface area contributed by atoms with Gasteiger partial charge in [-0.05, 0) is 78.4 Å². The van der Waals surface area contributed by atoms with Crippen molar-refractivity contribution in [3.05, 3.63) is 114 Å². The Morgan fingerprint density at radius 2 is 1.61 bits per heavy atom. The average molecular weight is 552 g/mol. The van der Waals surface area contributed by atoms with Gasteiger partial charge in [0.05, 0.1) is 11.6 Å². The van der Waals surface area contributed by atoms with Crippen molar-refractivity contribution in [2.24, 2.45) is 5.41 Å². The van der Waals surface area contributed by atoms with Crippen LogP contribution in [-0.2, 0) is 22.4 Å². The smallest absolute Gasteiger partial charge is 0.166 e. The highest BCUT2D eigenvalue weighted by atomic mass is 19.1. The highest BCUT2D eigenvalue weighted by Gasteiger charge is 2.54. The molecule has 5 aromatic rings. The predicted molar refractivity (Wildman–Crippen MR) is 152 cm³/mol. The lowest BCUT2D eigenvalue weighted by Crippen LogP contribution is -2.28. The van der Waals surface area contributed by atoms with E-state index in [1.54, 1.807) is 41.2 Å². The van der Waals surface area contributed by atoms with Gasteiger partial charge in [0.15, 0.2) is 28.9 Å². The number of ether oxygens (including phenoxy) is 1. The molecule has 0 atom stereocenters. The zero-order valence-electron chi connectivity index (χ0n) is 22.4. The molecule has 6 nitrogen and oxygen atoms in total. The molecule has 1 fully saturated rings. The maximum Gasteiger partial charge on any atom is 0.166 e. The summed E-state index contributed by atoms with van der Waals surface area (Å²) in [6.45, 7) is 1.93. The fourth-order valence-electron chi connectivity index (χ4n) is 5.14. The van der Waals surface area contributed by atoms with Crippen LogP contribution in [0.4, 0.5) is 14.5 Å². The van der Waals surface area contributed by atoms with Crippen LogP contribution in [0.5, 0.6) is 11.5 Å². The second kappa shape index (κ2) is 10.3. The number of hydrogen-bond acceptors (Lipinski definition) is 5. The SMILES string of the molecule is Cc1ccc(-c2ccn3nccc(Oc4ccc(CC(=O)C5(C(=O)Cc6ccc(F)cc6)CC5)cc4F)c23)cc1N. The number of aromatic nitrogens is 2. The minimum absolute atomic E-state index is 0.00149. The van der Waals surface area contributed by atoms with Crippen LogP contribution in [-0.4, -0.2) is 21.2 Å². The van der Waals surface area contributed by atoms with Gasteiger partial charge < -0.3 is 10.5 Å². The van der Waals surface area contributed by atoms with Crippen molar-refractivity contribution < 1.29 is 23.1 Å². The average Bonchev–Trinajstić information content (AvgIpc) is 3.66. The first-order valence-corrected chi connectivity index (χ1v) is 13.3. The molecule has 1 saturated carbocycles. The Balaban J connectivity index is 1.20. The van der Waals surface area contributed by atoms with Gasteiger partial charge in [-0.3, -0.25) is 9.59 Å². The number of anilines is 1. The Bertz CT molecular complexity index is 1810. The highest BCUT2D eigenvalue weighted by Crippen LogP contribution is 2.49. The number of carbonyl (C=O) groups is 2. The second-order valence-corrected chi connectivity index (χ2v) is 10.6. The summed E-state index contributed by atoms with van der Waals surface area (Å²) < 4.78 is 36.1. The Labute approximate surface area is 235 Å². The molecule has 1 aliphatic carbocycles. The molecule has 0 bridgehead atoms. The van der Waals surface area contributed by atoms with Gasteiger partial charge in [-0.1, -0.05) is 30.3 Å².